The largest absolute Gasteiger partial charge is 0.478 e. The molecule has 2 heterocycles. The summed E-state index contributed by atoms with van der Waals surface area (Å²) in [5.74, 6) is 0.494. The summed E-state index contributed by atoms with van der Waals surface area (Å²) in [6.07, 6.45) is 1.62. The maximum absolute atomic E-state index is 11.3. The van der Waals surface area contributed by atoms with E-state index < -0.39 is 5.97 Å². The quantitative estimate of drug-likeness (QED) is 0.442. The number of aromatic amines is 1. The highest BCUT2D eigenvalue weighted by molar-refractivity contribution is 5.91. The molecule has 0 aliphatic rings. The number of H-pyrrole nitrogens is 1. The van der Waals surface area contributed by atoms with Gasteiger partial charge in [0.1, 0.15) is 23.4 Å². The first-order valence-corrected chi connectivity index (χ1v) is 9.39. The molecule has 0 amide bonds. The molecule has 0 saturated heterocycles. The molecule has 6 heteroatoms. The summed E-state index contributed by atoms with van der Waals surface area (Å²) in [6, 6.07) is 14.6. The maximum atomic E-state index is 11.3. The van der Waals surface area contributed by atoms with Crippen molar-refractivity contribution in [3.8, 4) is 17.4 Å². The molecule has 30 heavy (non-hydrogen) atoms. The van der Waals surface area contributed by atoms with Crippen molar-refractivity contribution in [3.63, 3.8) is 0 Å². The summed E-state index contributed by atoms with van der Waals surface area (Å²) in [7, 11) is 0. The Morgan fingerprint density at radius 2 is 1.87 bits per heavy atom. The summed E-state index contributed by atoms with van der Waals surface area (Å²) in [5.41, 5.74) is 6.09. The van der Waals surface area contributed by atoms with Gasteiger partial charge in [0.2, 0.25) is 0 Å². The van der Waals surface area contributed by atoms with E-state index in [0.717, 1.165) is 27.7 Å². The molecule has 2 N–H and O–H groups in total. The number of allylic oxidation sites excluding steroid dienone is 1. The van der Waals surface area contributed by atoms with Crippen molar-refractivity contribution in [3.05, 3.63) is 76.3 Å². The van der Waals surface area contributed by atoms with Crippen molar-refractivity contribution in [2.75, 3.05) is 0 Å². The molecular formula is C24H19N3O3. The minimum Gasteiger partial charge on any atom is -0.478 e. The topological polar surface area (TPSA) is 103 Å². The molecule has 0 aliphatic heterocycles. The molecule has 4 aromatic rings. The molecule has 6 nitrogen and oxygen atoms in total. The SMILES string of the molecule is Cc1cc2nc(C(C#N)=Cc3ccc(-c4cc(C(=O)O)ccc4C)o3)[nH]c2cc1C. The maximum Gasteiger partial charge on any atom is 0.335 e. The standard InChI is InChI=1S/C24H19N3O3/c1-13-4-5-16(24(28)29)11-19(13)22-7-6-18(30-22)10-17(12-25)23-26-20-8-14(2)15(3)9-21(20)27-23/h4-11H,1-3H3,(H,26,27)(H,28,29). The van der Waals surface area contributed by atoms with Crippen LogP contribution in [-0.4, -0.2) is 21.0 Å². The third-order valence-electron chi connectivity index (χ3n) is 5.14. The molecule has 0 radical (unpaired) electrons. The molecule has 4 rings (SSSR count). The highest BCUT2D eigenvalue weighted by Crippen LogP contribution is 2.29. The number of nitriles is 1. The third-order valence-corrected chi connectivity index (χ3v) is 5.14. The Hall–Kier alpha value is -4.11. The van der Waals surface area contributed by atoms with Crippen LogP contribution in [0.5, 0.6) is 0 Å². The molecule has 0 spiro atoms. The molecule has 0 atom stereocenters. The molecule has 148 valence electrons. The molecule has 0 saturated carbocycles. The second-order valence-corrected chi connectivity index (χ2v) is 7.25. The van der Waals surface area contributed by atoms with Gasteiger partial charge in [0.05, 0.1) is 22.2 Å². The Morgan fingerprint density at radius 3 is 2.60 bits per heavy atom. The fourth-order valence-electron chi connectivity index (χ4n) is 3.29. The molecule has 2 aromatic heterocycles. The Morgan fingerprint density at radius 1 is 1.10 bits per heavy atom. The summed E-state index contributed by atoms with van der Waals surface area (Å²) < 4.78 is 5.89. The first-order chi connectivity index (χ1) is 14.4. The van der Waals surface area contributed by atoms with E-state index in [-0.39, 0.29) is 5.56 Å². The van der Waals surface area contributed by atoms with Crippen LogP contribution in [0, 0.1) is 32.1 Å². The van der Waals surface area contributed by atoms with Crippen LogP contribution in [-0.2, 0) is 0 Å². The molecular weight excluding hydrogens is 378 g/mol. The van der Waals surface area contributed by atoms with Crippen molar-refractivity contribution in [2.24, 2.45) is 0 Å². The first-order valence-electron chi connectivity index (χ1n) is 9.39. The lowest BCUT2D eigenvalue weighted by molar-refractivity contribution is 0.0697. The number of hydrogen-bond donors (Lipinski definition) is 2. The minimum atomic E-state index is -0.995. The molecule has 2 aromatic carbocycles. The Balaban J connectivity index is 1.72. The number of aryl methyl sites for hydroxylation is 3. The van der Waals surface area contributed by atoms with Crippen LogP contribution in [0.15, 0.2) is 46.9 Å². The number of carbonyl (C=O) groups is 1. The number of furan rings is 1. The number of carboxylic acids is 1. The number of fused-ring (bicyclic) bond motifs is 1. The summed E-state index contributed by atoms with van der Waals surface area (Å²) >= 11 is 0. The fraction of sp³-hybridized carbons (Fsp3) is 0.125. The second kappa shape index (κ2) is 7.37. The van der Waals surface area contributed by atoms with E-state index >= 15 is 0 Å². The first kappa shape index (κ1) is 19.2. The van der Waals surface area contributed by atoms with Crippen LogP contribution in [0.1, 0.15) is 38.6 Å². The van der Waals surface area contributed by atoms with E-state index in [4.69, 9.17) is 4.42 Å². The monoisotopic (exact) mass is 397 g/mol. The van der Waals surface area contributed by atoms with E-state index in [2.05, 4.69) is 16.0 Å². The number of hydrogen-bond acceptors (Lipinski definition) is 4. The highest BCUT2D eigenvalue weighted by Gasteiger charge is 2.13. The zero-order valence-corrected chi connectivity index (χ0v) is 16.8. The molecule has 0 bridgehead atoms. The zero-order chi connectivity index (χ0) is 21.4. The lowest BCUT2D eigenvalue weighted by Gasteiger charge is -2.04. The number of aromatic nitrogens is 2. The van der Waals surface area contributed by atoms with Crippen molar-refractivity contribution >= 4 is 28.7 Å². The van der Waals surface area contributed by atoms with Crippen LogP contribution in [0.2, 0.25) is 0 Å². The van der Waals surface area contributed by atoms with Crippen LogP contribution >= 0.6 is 0 Å². The molecule has 0 aliphatic carbocycles. The second-order valence-electron chi connectivity index (χ2n) is 7.25. The van der Waals surface area contributed by atoms with Gasteiger partial charge in [-0.1, -0.05) is 6.07 Å². The number of nitrogens with one attached hydrogen (secondary N) is 1. The van der Waals surface area contributed by atoms with Crippen molar-refractivity contribution < 1.29 is 14.3 Å². The van der Waals surface area contributed by atoms with Gasteiger partial charge in [0.25, 0.3) is 0 Å². The molecule has 0 fully saturated rings. The van der Waals surface area contributed by atoms with Crippen molar-refractivity contribution in [1.29, 1.82) is 5.26 Å². The average Bonchev–Trinajstić information content (AvgIpc) is 3.33. The van der Waals surface area contributed by atoms with E-state index in [0.29, 0.717) is 28.5 Å². The van der Waals surface area contributed by atoms with Crippen molar-refractivity contribution in [1.82, 2.24) is 9.97 Å². The number of carboxylic acid groups (broad SMARTS) is 1. The van der Waals surface area contributed by atoms with Gasteiger partial charge in [-0.2, -0.15) is 5.26 Å². The fourth-order valence-corrected chi connectivity index (χ4v) is 3.29. The normalized spacial score (nSPS) is 11.6. The number of nitrogens with zero attached hydrogens (tertiary/aromatic N) is 2. The smallest absolute Gasteiger partial charge is 0.335 e. The molecule has 0 unspecified atom stereocenters. The van der Waals surface area contributed by atoms with E-state index in [1.165, 1.54) is 0 Å². The minimum absolute atomic E-state index is 0.190. The third kappa shape index (κ3) is 3.49. The highest BCUT2D eigenvalue weighted by atomic mass is 16.4. The lowest BCUT2D eigenvalue weighted by Crippen LogP contribution is -1.96. The number of imidazole rings is 1. The van der Waals surface area contributed by atoms with Gasteiger partial charge in [-0.25, -0.2) is 9.78 Å². The number of rotatable bonds is 4. The predicted octanol–water partition coefficient (Wildman–Crippen LogP) is 5.51. The zero-order valence-electron chi connectivity index (χ0n) is 16.8. The Bertz CT molecular complexity index is 1330. The van der Waals surface area contributed by atoms with Crippen LogP contribution in [0.25, 0.3) is 34.0 Å². The van der Waals surface area contributed by atoms with Crippen LogP contribution in [0.4, 0.5) is 0 Å². The Kier molecular flexibility index (Phi) is 4.72. The van der Waals surface area contributed by atoms with Gasteiger partial charge in [-0.15, -0.1) is 0 Å². The van der Waals surface area contributed by atoms with Crippen LogP contribution in [0.3, 0.4) is 0 Å². The predicted molar refractivity (Wildman–Crippen MR) is 115 cm³/mol. The van der Waals surface area contributed by atoms with Gasteiger partial charge >= 0.3 is 5.97 Å². The lowest BCUT2D eigenvalue weighted by atomic mass is 10.0. The van der Waals surface area contributed by atoms with Crippen LogP contribution < -0.4 is 0 Å². The van der Waals surface area contributed by atoms with E-state index in [1.54, 1.807) is 36.4 Å². The Labute approximate surface area is 173 Å². The number of aromatic carboxylic acids is 1. The van der Waals surface area contributed by atoms with Crippen molar-refractivity contribution in [2.45, 2.75) is 20.8 Å². The average molecular weight is 397 g/mol. The van der Waals surface area contributed by atoms with Gasteiger partial charge in [-0.3, -0.25) is 0 Å². The summed E-state index contributed by atoms with van der Waals surface area (Å²) in [4.78, 5) is 19.0. The summed E-state index contributed by atoms with van der Waals surface area (Å²) in [5, 5.41) is 18.9. The van der Waals surface area contributed by atoms with Gasteiger partial charge in [-0.05, 0) is 73.9 Å². The van der Waals surface area contributed by atoms with Gasteiger partial charge in [0.15, 0.2) is 0 Å². The van der Waals surface area contributed by atoms with Gasteiger partial charge < -0.3 is 14.5 Å². The van der Waals surface area contributed by atoms with E-state index in [1.807, 2.05) is 32.9 Å². The number of benzene rings is 2. The van der Waals surface area contributed by atoms with Gasteiger partial charge in [0, 0.05) is 11.6 Å². The summed E-state index contributed by atoms with van der Waals surface area (Å²) in [6.45, 7) is 5.94. The van der Waals surface area contributed by atoms with E-state index in [9.17, 15) is 15.2 Å².